The van der Waals surface area contributed by atoms with Gasteiger partial charge in [0, 0.05) is 25.2 Å². The van der Waals surface area contributed by atoms with E-state index in [0.717, 1.165) is 51.6 Å². The lowest BCUT2D eigenvalue weighted by Crippen LogP contribution is -2.38. The topological polar surface area (TPSA) is 78.5 Å². The quantitative estimate of drug-likeness (QED) is 0.745. The van der Waals surface area contributed by atoms with E-state index < -0.39 is 10.0 Å². The molecular weight excluding hydrogens is 362 g/mol. The zero-order valence-electron chi connectivity index (χ0n) is 16.1. The lowest BCUT2D eigenvalue weighted by atomic mass is 9.96. The Morgan fingerprint density at radius 1 is 1.22 bits per heavy atom. The number of benzene rings is 1. The highest BCUT2D eigenvalue weighted by atomic mass is 32.2. The zero-order chi connectivity index (χ0) is 19.3. The van der Waals surface area contributed by atoms with Crippen LogP contribution in [0.1, 0.15) is 55.3 Å². The van der Waals surface area contributed by atoms with E-state index in [4.69, 9.17) is 0 Å². The highest BCUT2D eigenvalue weighted by molar-refractivity contribution is 7.89. The highest BCUT2D eigenvalue weighted by Crippen LogP contribution is 2.26. The maximum Gasteiger partial charge on any atom is 0.251 e. The molecule has 1 aliphatic heterocycles. The van der Waals surface area contributed by atoms with Gasteiger partial charge < -0.3 is 10.6 Å². The second kappa shape index (κ2) is 9.17. The van der Waals surface area contributed by atoms with Gasteiger partial charge in [0.1, 0.15) is 0 Å². The number of rotatable bonds is 7. The molecule has 0 bridgehead atoms. The monoisotopic (exact) mass is 393 g/mol. The van der Waals surface area contributed by atoms with E-state index in [1.807, 2.05) is 0 Å². The van der Waals surface area contributed by atoms with Crippen molar-refractivity contribution in [3.63, 3.8) is 0 Å². The summed E-state index contributed by atoms with van der Waals surface area (Å²) < 4.78 is 27.5. The van der Waals surface area contributed by atoms with Crippen LogP contribution in [0, 0.1) is 5.92 Å². The van der Waals surface area contributed by atoms with Crippen molar-refractivity contribution in [2.24, 2.45) is 5.92 Å². The minimum absolute atomic E-state index is 0.0567. The van der Waals surface area contributed by atoms with E-state index in [9.17, 15) is 13.2 Å². The molecule has 0 radical (unpaired) electrons. The third-order valence-electron chi connectivity index (χ3n) is 5.86. The minimum Gasteiger partial charge on any atom is -0.352 e. The summed E-state index contributed by atoms with van der Waals surface area (Å²) in [7, 11) is -1.92. The summed E-state index contributed by atoms with van der Waals surface area (Å²) in [6, 6.07) is 6.46. The van der Waals surface area contributed by atoms with Crippen molar-refractivity contribution >= 4 is 15.9 Å². The molecule has 0 spiro atoms. The maximum absolute atomic E-state index is 13.0. The molecule has 150 valence electrons. The molecule has 1 amide bonds. The Balaban J connectivity index is 1.63. The number of nitrogens with one attached hydrogen (secondary N) is 2. The Morgan fingerprint density at radius 3 is 2.70 bits per heavy atom. The molecule has 7 heteroatoms. The van der Waals surface area contributed by atoms with Crippen LogP contribution in [-0.2, 0) is 10.0 Å². The fourth-order valence-corrected chi connectivity index (χ4v) is 5.52. The first kappa shape index (κ1) is 20.3. The Morgan fingerprint density at radius 2 is 2.00 bits per heavy atom. The molecule has 1 saturated carbocycles. The smallest absolute Gasteiger partial charge is 0.251 e. The predicted octanol–water partition coefficient (Wildman–Crippen LogP) is 2.37. The third-order valence-corrected chi connectivity index (χ3v) is 7.77. The summed E-state index contributed by atoms with van der Waals surface area (Å²) in [5, 5.41) is 6.24. The van der Waals surface area contributed by atoms with E-state index in [1.165, 1.54) is 16.8 Å². The average molecular weight is 394 g/mol. The molecule has 1 atom stereocenters. The molecule has 3 rings (SSSR count). The summed E-state index contributed by atoms with van der Waals surface area (Å²) >= 11 is 0. The summed E-state index contributed by atoms with van der Waals surface area (Å²) in [4.78, 5) is 12.6. The van der Waals surface area contributed by atoms with Crippen LogP contribution >= 0.6 is 0 Å². The first-order chi connectivity index (χ1) is 13.0. The number of hydrogen-bond donors (Lipinski definition) is 2. The van der Waals surface area contributed by atoms with E-state index in [0.29, 0.717) is 18.0 Å². The Labute approximate surface area is 162 Å². The van der Waals surface area contributed by atoms with E-state index in [-0.39, 0.29) is 16.8 Å². The number of sulfonamides is 1. The molecule has 1 aromatic rings. The zero-order valence-corrected chi connectivity index (χ0v) is 16.9. The summed E-state index contributed by atoms with van der Waals surface area (Å²) in [5.41, 5.74) is 0.401. The largest absolute Gasteiger partial charge is 0.352 e. The molecule has 1 saturated heterocycles. The molecule has 1 heterocycles. The van der Waals surface area contributed by atoms with Crippen molar-refractivity contribution in [2.75, 3.05) is 26.7 Å². The summed E-state index contributed by atoms with van der Waals surface area (Å²) in [5.74, 6) is 0.402. The lowest BCUT2D eigenvalue weighted by Gasteiger charge is -2.30. The molecule has 0 aromatic heterocycles. The molecule has 6 nitrogen and oxygen atoms in total. The van der Waals surface area contributed by atoms with Crippen LogP contribution in [0.5, 0.6) is 0 Å². The van der Waals surface area contributed by atoms with Crippen molar-refractivity contribution in [1.29, 1.82) is 0 Å². The van der Waals surface area contributed by atoms with Gasteiger partial charge >= 0.3 is 0 Å². The summed E-state index contributed by atoms with van der Waals surface area (Å²) in [6.45, 7) is 2.67. The third kappa shape index (κ3) is 5.09. The van der Waals surface area contributed by atoms with Crippen LogP contribution in [0.4, 0.5) is 0 Å². The molecule has 1 aliphatic carbocycles. The van der Waals surface area contributed by atoms with Gasteiger partial charge in [0.25, 0.3) is 5.91 Å². The normalized spacial score (nSPS) is 21.5. The Bertz CT molecular complexity index is 739. The summed E-state index contributed by atoms with van der Waals surface area (Å²) in [6.07, 6.45) is 7.24. The van der Waals surface area contributed by atoms with Crippen molar-refractivity contribution in [2.45, 2.75) is 55.9 Å². The molecule has 1 aromatic carbocycles. The standard InChI is InChI=1S/C20H31N3O3S/c1-23(18-7-3-2-4-8-18)27(25,26)19-9-5-6-17(14-19)20(24)22-13-11-16-10-12-21-15-16/h5-6,9,14,16,18,21H,2-4,7-8,10-13,15H2,1H3,(H,22,24). The fraction of sp³-hybridized carbons (Fsp3) is 0.650. The van der Waals surface area contributed by atoms with Gasteiger partial charge in [0.05, 0.1) is 4.90 Å². The molecule has 2 N–H and O–H groups in total. The number of carbonyl (C=O) groups is 1. The maximum atomic E-state index is 13.0. The molecule has 27 heavy (non-hydrogen) atoms. The van der Waals surface area contributed by atoms with Crippen molar-refractivity contribution < 1.29 is 13.2 Å². The van der Waals surface area contributed by atoms with Crippen LogP contribution in [-0.4, -0.2) is 51.4 Å². The van der Waals surface area contributed by atoms with Gasteiger partial charge in [-0.2, -0.15) is 4.31 Å². The van der Waals surface area contributed by atoms with Crippen LogP contribution in [0.25, 0.3) is 0 Å². The molecule has 2 aliphatic rings. The molecule has 2 fully saturated rings. The minimum atomic E-state index is -3.58. The first-order valence-corrected chi connectivity index (χ1v) is 11.5. The first-order valence-electron chi connectivity index (χ1n) is 10.1. The second-order valence-electron chi connectivity index (χ2n) is 7.74. The SMILES string of the molecule is CN(C1CCCCC1)S(=O)(=O)c1cccc(C(=O)NCCC2CCNC2)c1. The van der Waals surface area contributed by atoms with Crippen LogP contribution in [0.3, 0.4) is 0 Å². The van der Waals surface area contributed by atoms with Gasteiger partial charge in [0.2, 0.25) is 10.0 Å². The molecular formula is C20H31N3O3S. The second-order valence-corrected chi connectivity index (χ2v) is 9.74. The van der Waals surface area contributed by atoms with Gasteiger partial charge in [-0.05, 0) is 62.9 Å². The lowest BCUT2D eigenvalue weighted by molar-refractivity contribution is 0.0951. The number of carbonyl (C=O) groups excluding carboxylic acids is 1. The van der Waals surface area contributed by atoms with Crippen LogP contribution < -0.4 is 10.6 Å². The number of nitrogens with zero attached hydrogens (tertiary/aromatic N) is 1. The van der Waals surface area contributed by atoms with Crippen molar-refractivity contribution in [3.05, 3.63) is 29.8 Å². The average Bonchev–Trinajstić information content (AvgIpc) is 3.21. The van der Waals surface area contributed by atoms with Gasteiger partial charge in [-0.25, -0.2) is 8.42 Å². The van der Waals surface area contributed by atoms with Gasteiger partial charge in [-0.15, -0.1) is 0 Å². The predicted molar refractivity (Wildman–Crippen MR) is 106 cm³/mol. The van der Waals surface area contributed by atoms with E-state index >= 15 is 0 Å². The van der Waals surface area contributed by atoms with Gasteiger partial charge in [-0.3, -0.25) is 4.79 Å². The number of hydrogen-bond acceptors (Lipinski definition) is 4. The Kier molecular flexibility index (Phi) is 6.89. The van der Waals surface area contributed by atoms with E-state index in [1.54, 1.807) is 25.2 Å². The molecule has 1 unspecified atom stereocenters. The number of amides is 1. The van der Waals surface area contributed by atoms with Gasteiger partial charge in [-0.1, -0.05) is 25.3 Å². The fourth-order valence-electron chi connectivity index (χ4n) is 4.06. The van der Waals surface area contributed by atoms with Crippen LogP contribution in [0.2, 0.25) is 0 Å². The van der Waals surface area contributed by atoms with Crippen molar-refractivity contribution in [1.82, 2.24) is 14.9 Å². The van der Waals surface area contributed by atoms with Crippen molar-refractivity contribution in [3.8, 4) is 0 Å². The Hall–Kier alpha value is -1.44. The van der Waals surface area contributed by atoms with Crippen LogP contribution in [0.15, 0.2) is 29.2 Å². The van der Waals surface area contributed by atoms with Gasteiger partial charge in [0.15, 0.2) is 0 Å². The van der Waals surface area contributed by atoms with E-state index in [2.05, 4.69) is 10.6 Å². The highest BCUT2D eigenvalue weighted by Gasteiger charge is 2.29.